The number of carboxylic acids is 1. The SMILES string of the molecule is C=C/C(=C\C/C=C(\C)c1ccn[nH]1)OCc1cccc(C(=O)N2CCC(CC(=O)O)C2)c1. The van der Waals surface area contributed by atoms with Crippen molar-refractivity contribution in [3.05, 3.63) is 83.9 Å². The molecule has 1 aromatic carbocycles. The highest BCUT2D eigenvalue weighted by Crippen LogP contribution is 2.22. The predicted molar refractivity (Wildman–Crippen MR) is 123 cm³/mol. The van der Waals surface area contributed by atoms with Gasteiger partial charge in [0, 0.05) is 31.3 Å². The van der Waals surface area contributed by atoms with Crippen LogP contribution in [0.15, 0.2) is 67.1 Å². The number of hydrogen-bond acceptors (Lipinski definition) is 4. The molecule has 1 aromatic heterocycles. The Bertz CT molecular complexity index is 1010. The second-order valence-corrected chi connectivity index (χ2v) is 7.90. The topological polar surface area (TPSA) is 95.5 Å². The van der Waals surface area contributed by atoms with E-state index >= 15 is 0 Å². The van der Waals surface area contributed by atoms with Gasteiger partial charge in [-0.3, -0.25) is 14.7 Å². The van der Waals surface area contributed by atoms with Gasteiger partial charge in [-0.25, -0.2) is 0 Å². The third-order valence-electron chi connectivity index (χ3n) is 5.49. The number of aromatic amines is 1. The smallest absolute Gasteiger partial charge is 0.303 e. The van der Waals surface area contributed by atoms with E-state index in [9.17, 15) is 9.59 Å². The van der Waals surface area contributed by atoms with Crippen LogP contribution in [0.25, 0.3) is 5.57 Å². The van der Waals surface area contributed by atoms with E-state index in [0.29, 0.717) is 37.4 Å². The van der Waals surface area contributed by atoms with Gasteiger partial charge < -0.3 is 14.7 Å². The first-order chi connectivity index (χ1) is 15.5. The summed E-state index contributed by atoms with van der Waals surface area (Å²) in [6.07, 6.45) is 8.94. The minimum Gasteiger partial charge on any atom is -0.489 e. The lowest BCUT2D eigenvalue weighted by Crippen LogP contribution is -2.29. The third kappa shape index (κ3) is 6.44. The molecule has 0 radical (unpaired) electrons. The normalized spacial score (nSPS) is 16.8. The number of hydrogen-bond donors (Lipinski definition) is 2. The Labute approximate surface area is 188 Å². The largest absolute Gasteiger partial charge is 0.489 e. The second kappa shape index (κ2) is 11.1. The number of allylic oxidation sites excluding steroid dienone is 4. The van der Waals surface area contributed by atoms with Crippen molar-refractivity contribution in [3.8, 4) is 0 Å². The highest BCUT2D eigenvalue weighted by molar-refractivity contribution is 5.94. The van der Waals surface area contributed by atoms with Crippen molar-refractivity contribution in [2.45, 2.75) is 32.8 Å². The van der Waals surface area contributed by atoms with E-state index in [-0.39, 0.29) is 18.2 Å². The standard InChI is InChI=1S/C25H29N3O4/c1-3-22(9-4-6-18(2)23-10-12-26-27-23)32-17-20-7-5-8-21(14-20)25(31)28-13-11-19(16-28)15-24(29)30/h3,5-10,12,14,19H,1,4,11,13,15-17H2,2H3,(H,26,27)(H,29,30)/b18-6+,22-9+. The number of H-pyrrole nitrogens is 1. The molecule has 32 heavy (non-hydrogen) atoms. The molecule has 3 rings (SSSR count). The summed E-state index contributed by atoms with van der Waals surface area (Å²) in [5.74, 6) is -0.194. The molecular weight excluding hydrogens is 406 g/mol. The number of aromatic nitrogens is 2. The van der Waals surface area contributed by atoms with Gasteiger partial charge in [-0.2, -0.15) is 5.10 Å². The number of carbonyl (C=O) groups is 2. The Morgan fingerprint density at radius 3 is 2.91 bits per heavy atom. The zero-order chi connectivity index (χ0) is 22.9. The summed E-state index contributed by atoms with van der Waals surface area (Å²) in [5, 5.41) is 15.9. The van der Waals surface area contributed by atoms with E-state index in [2.05, 4.69) is 22.9 Å². The Morgan fingerprint density at radius 2 is 2.19 bits per heavy atom. The van der Waals surface area contributed by atoms with Gasteiger partial charge in [-0.15, -0.1) is 0 Å². The van der Waals surface area contributed by atoms with Crippen molar-refractivity contribution in [1.82, 2.24) is 15.1 Å². The van der Waals surface area contributed by atoms with Gasteiger partial charge in [-0.05, 0) is 67.2 Å². The number of nitrogens with zero attached hydrogens (tertiary/aromatic N) is 2. The molecule has 1 fully saturated rings. The van der Waals surface area contributed by atoms with Crippen molar-refractivity contribution in [1.29, 1.82) is 0 Å². The van der Waals surface area contributed by atoms with Crippen molar-refractivity contribution >= 4 is 17.4 Å². The highest BCUT2D eigenvalue weighted by Gasteiger charge is 2.28. The number of amides is 1. The lowest BCUT2D eigenvalue weighted by atomic mass is 10.1. The molecule has 0 spiro atoms. The van der Waals surface area contributed by atoms with Crippen molar-refractivity contribution < 1.29 is 19.4 Å². The first-order valence-electron chi connectivity index (χ1n) is 10.7. The molecule has 168 valence electrons. The molecule has 7 heteroatoms. The van der Waals surface area contributed by atoms with Crippen molar-refractivity contribution in [2.24, 2.45) is 5.92 Å². The van der Waals surface area contributed by atoms with Crippen LogP contribution in [-0.2, 0) is 16.1 Å². The van der Waals surface area contributed by atoms with Gasteiger partial charge >= 0.3 is 5.97 Å². The summed E-state index contributed by atoms with van der Waals surface area (Å²) in [6, 6.07) is 9.28. The number of carbonyl (C=O) groups excluding carboxylic acids is 1. The van der Waals surface area contributed by atoms with Crippen LogP contribution in [0.5, 0.6) is 0 Å². The van der Waals surface area contributed by atoms with Gasteiger partial charge in [0.05, 0.1) is 5.69 Å². The van der Waals surface area contributed by atoms with Gasteiger partial charge in [0.15, 0.2) is 0 Å². The summed E-state index contributed by atoms with van der Waals surface area (Å²) in [6.45, 7) is 7.23. The number of nitrogens with one attached hydrogen (secondary N) is 1. The molecule has 1 unspecified atom stereocenters. The van der Waals surface area contributed by atoms with E-state index in [1.54, 1.807) is 23.2 Å². The van der Waals surface area contributed by atoms with E-state index in [1.165, 1.54) is 0 Å². The van der Waals surface area contributed by atoms with Crippen molar-refractivity contribution in [2.75, 3.05) is 13.1 Å². The maximum atomic E-state index is 12.8. The minimum absolute atomic E-state index is 0.0224. The predicted octanol–water partition coefficient (Wildman–Crippen LogP) is 4.43. The number of benzene rings is 1. The number of likely N-dealkylation sites (tertiary alicyclic amines) is 1. The fourth-order valence-electron chi connectivity index (χ4n) is 3.71. The van der Waals surface area contributed by atoms with Crippen LogP contribution in [0, 0.1) is 5.92 Å². The number of aliphatic carboxylic acids is 1. The van der Waals surface area contributed by atoms with Gasteiger partial charge in [0.1, 0.15) is 12.4 Å². The van der Waals surface area contributed by atoms with E-state index in [4.69, 9.17) is 9.84 Å². The molecule has 2 N–H and O–H groups in total. The second-order valence-electron chi connectivity index (χ2n) is 7.90. The average molecular weight is 436 g/mol. The number of carboxylic acid groups (broad SMARTS) is 1. The lowest BCUT2D eigenvalue weighted by Gasteiger charge is -2.17. The number of ether oxygens (including phenoxy) is 1. The Morgan fingerprint density at radius 1 is 1.34 bits per heavy atom. The summed E-state index contributed by atoms with van der Waals surface area (Å²) in [7, 11) is 0. The third-order valence-corrected chi connectivity index (χ3v) is 5.49. The summed E-state index contributed by atoms with van der Waals surface area (Å²) in [4.78, 5) is 25.5. The van der Waals surface area contributed by atoms with Crippen LogP contribution in [0.1, 0.15) is 47.8 Å². The van der Waals surface area contributed by atoms with Crippen LogP contribution in [0.3, 0.4) is 0 Å². The molecule has 2 aromatic rings. The molecule has 0 bridgehead atoms. The van der Waals surface area contributed by atoms with Gasteiger partial charge in [0.2, 0.25) is 0 Å². The molecule has 7 nitrogen and oxygen atoms in total. The van der Waals surface area contributed by atoms with E-state index < -0.39 is 5.97 Å². The Kier molecular flexibility index (Phi) is 8.02. The highest BCUT2D eigenvalue weighted by atomic mass is 16.5. The van der Waals surface area contributed by atoms with Crippen LogP contribution in [-0.4, -0.2) is 45.2 Å². The van der Waals surface area contributed by atoms with Crippen LogP contribution < -0.4 is 0 Å². The zero-order valence-corrected chi connectivity index (χ0v) is 18.3. The monoisotopic (exact) mass is 435 g/mol. The molecule has 1 atom stereocenters. The summed E-state index contributed by atoms with van der Waals surface area (Å²) >= 11 is 0. The molecule has 1 aliphatic rings. The van der Waals surface area contributed by atoms with Crippen LogP contribution in [0.4, 0.5) is 0 Å². The van der Waals surface area contributed by atoms with Crippen LogP contribution >= 0.6 is 0 Å². The first-order valence-corrected chi connectivity index (χ1v) is 10.7. The maximum absolute atomic E-state index is 12.8. The maximum Gasteiger partial charge on any atom is 0.303 e. The van der Waals surface area contributed by atoms with Gasteiger partial charge in [-0.1, -0.05) is 24.8 Å². The summed E-state index contributed by atoms with van der Waals surface area (Å²) in [5.41, 5.74) is 3.55. The number of rotatable bonds is 10. The molecule has 2 heterocycles. The first kappa shape index (κ1) is 23.1. The lowest BCUT2D eigenvalue weighted by molar-refractivity contribution is -0.138. The fraction of sp³-hybridized carbons (Fsp3) is 0.320. The fourth-order valence-corrected chi connectivity index (χ4v) is 3.71. The zero-order valence-electron chi connectivity index (χ0n) is 18.3. The minimum atomic E-state index is -0.818. The van der Waals surface area contributed by atoms with E-state index in [0.717, 1.165) is 23.3 Å². The van der Waals surface area contributed by atoms with Gasteiger partial charge in [0.25, 0.3) is 5.91 Å². The quantitative estimate of drug-likeness (QED) is 0.425. The van der Waals surface area contributed by atoms with Crippen LogP contribution in [0.2, 0.25) is 0 Å². The molecule has 1 amide bonds. The average Bonchev–Trinajstić information content (AvgIpc) is 3.48. The summed E-state index contributed by atoms with van der Waals surface area (Å²) < 4.78 is 5.87. The van der Waals surface area contributed by atoms with Crippen molar-refractivity contribution in [3.63, 3.8) is 0 Å². The molecule has 0 aliphatic carbocycles. The molecule has 1 saturated heterocycles. The molecule has 1 aliphatic heterocycles. The molecule has 0 saturated carbocycles. The Balaban J connectivity index is 1.55. The Hall–Kier alpha value is -3.61. The van der Waals surface area contributed by atoms with E-state index in [1.807, 2.05) is 37.3 Å². The molecular formula is C25H29N3O4.